The quantitative estimate of drug-likeness (QED) is 0.605. The Morgan fingerprint density at radius 2 is 1.96 bits per heavy atom. The lowest BCUT2D eigenvalue weighted by atomic mass is 10.2. The molecule has 7 heteroatoms. The van der Waals surface area contributed by atoms with E-state index in [1.54, 1.807) is 31.8 Å². The molecule has 0 aliphatic heterocycles. The van der Waals surface area contributed by atoms with Crippen LogP contribution in [0.1, 0.15) is 15.9 Å². The molecule has 7 nitrogen and oxygen atoms in total. The zero-order valence-corrected chi connectivity index (χ0v) is 14.7. The van der Waals surface area contributed by atoms with E-state index in [0.29, 0.717) is 12.1 Å². The number of nitrogens with zero attached hydrogens (tertiary/aromatic N) is 4. The Morgan fingerprint density at radius 3 is 2.74 bits per heavy atom. The Labute approximate surface area is 154 Å². The fourth-order valence-electron chi connectivity index (χ4n) is 2.78. The lowest BCUT2D eigenvalue weighted by molar-refractivity contribution is 0.0950. The summed E-state index contributed by atoms with van der Waals surface area (Å²) in [6.07, 6.45) is 5.03. The maximum atomic E-state index is 12.2. The average molecular weight is 359 g/mol. The van der Waals surface area contributed by atoms with Gasteiger partial charge in [0.1, 0.15) is 12.1 Å². The molecule has 0 radical (unpaired) electrons. The highest BCUT2D eigenvalue weighted by atomic mass is 16.2. The minimum Gasteiger partial charge on any atom is -0.348 e. The molecule has 3 heterocycles. The number of hydrogen-bond acceptors (Lipinski definition) is 4. The number of aromatic nitrogens is 4. The summed E-state index contributed by atoms with van der Waals surface area (Å²) in [6.45, 7) is 0.325. The van der Waals surface area contributed by atoms with Crippen LogP contribution in [0.5, 0.6) is 0 Å². The molecule has 0 saturated carbocycles. The Hall–Kier alpha value is -3.74. The maximum Gasteiger partial charge on any atom is 0.251 e. The normalized spacial score (nSPS) is 10.9. The van der Waals surface area contributed by atoms with Crippen molar-refractivity contribution in [2.24, 2.45) is 7.05 Å². The lowest BCUT2D eigenvalue weighted by Gasteiger charge is -2.07. The Morgan fingerprint density at radius 1 is 1.11 bits per heavy atom. The fraction of sp³-hybridized carbons (Fsp3) is 0.100. The van der Waals surface area contributed by atoms with Crippen molar-refractivity contribution in [2.45, 2.75) is 6.54 Å². The first-order chi connectivity index (χ1) is 13.1. The van der Waals surface area contributed by atoms with E-state index < -0.39 is 0 Å². The van der Waals surface area contributed by atoms with Crippen LogP contribution in [0, 0.1) is 0 Å². The molecule has 4 rings (SSSR count). The second-order valence-electron chi connectivity index (χ2n) is 6.18. The number of nitrogens with one attached hydrogen (secondary N) is 1. The SMILES string of the molecule is Cn1ccc(C(=O)NCc2ccc(-n3cnc4ccccc43)nc2)cc1=O. The first kappa shape index (κ1) is 16.7. The van der Waals surface area contributed by atoms with Gasteiger partial charge in [-0.3, -0.25) is 14.2 Å². The van der Waals surface area contributed by atoms with Gasteiger partial charge in [0, 0.05) is 37.6 Å². The highest BCUT2D eigenvalue weighted by molar-refractivity contribution is 5.93. The Bertz CT molecular complexity index is 1170. The molecular formula is C20H17N5O2. The first-order valence-corrected chi connectivity index (χ1v) is 8.44. The van der Waals surface area contributed by atoms with Gasteiger partial charge in [0.05, 0.1) is 11.0 Å². The predicted octanol–water partition coefficient (Wildman–Crippen LogP) is 2.05. The molecule has 1 N–H and O–H groups in total. The van der Waals surface area contributed by atoms with Crippen LogP contribution in [0.15, 0.2) is 72.0 Å². The second kappa shape index (κ2) is 6.87. The van der Waals surface area contributed by atoms with E-state index >= 15 is 0 Å². The second-order valence-corrected chi connectivity index (χ2v) is 6.18. The van der Waals surface area contributed by atoms with Gasteiger partial charge in [0.15, 0.2) is 0 Å². The topological polar surface area (TPSA) is 81.8 Å². The van der Waals surface area contributed by atoms with Crippen molar-refractivity contribution in [1.29, 1.82) is 0 Å². The third-order valence-corrected chi connectivity index (χ3v) is 4.33. The maximum absolute atomic E-state index is 12.2. The van der Waals surface area contributed by atoms with Gasteiger partial charge in [-0.1, -0.05) is 18.2 Å². The summed E-state index contributed by atoms with van der Waals surface area (Å²) in [4.78, 5) is 32.6. The number of carbonyl (C=O) groups excluding carboxylic acids is 1. The van der Waals surface area contributed by atoms with Crippen LogP contribution < -0.4 is 10.9 Å². The molecule has 0 unspecified atom stereocenters. The molecule has 0 aliphatic carbocycles. The lowest BCUT2D eigenvalue weighted by Crippen LogP contribution is -2.25. The molecule has 0 atom stereocenters. The molecule has 134 valence electrons. The fourth-order valence-corrected chi connectivity index (χ4v) is 2.78. The molecule has 27 heavy (non-hydrogen) atoms. The minimum absolute atomic E-state index is 0.221. The van der Waals surface area contributed by atoms with Gasteiger partial charge in [-0.2, -0.15) is 0 Å². The van der Waals surface area contributed by atoms with E-state index in [9.17, 15) is 9.59 Å². The standard InChI is InChI=1S/C20H17N5O2/c1-24-9-8-15(10-19(24)26)20(27)22-12-14-6-7-18(21-11-14)25-13-23-16-4-2-3-5-17(16)25/h2-11,13H,12H2,1H3,(H,22,27). The van der Waals surface area contributed by atoms with Crippen LogP contribution in [0.4, 0.5) is 0 Å². The van der Waals surface area contributed by atoms with E-state index in [2.05, 4.69) is 15.3 Å². The van der Waals surface area contributed by atoms with Gasteiger partial charge in [0.2, 0.25) is 0 Å². The number of amides is 1. The van der Waals surface area contributed by atoms with Gasteiger partial charge >= 0.3 is 0 Å². The van der Waals surface area contributed by atoms with Crippen LogP contribution in [-0.4, -0.2) is 25.0 Å². The van der Waals surface area contributed by atoms with Crippen molar-refractivity contribution in [3.8, 4) is 5.82 Å². The highest BCUT2D eigenvalue weighted by Gasteiger charge is 2.08. The van der Waals surface area contributed by atoms with Crippen LogP contribution in [0.25, 0.3) is 16.9 Å². The number of benzene rings is 1. The van der Waals surface area contributed by atoms with Crippen molar-refractivity contribution in [3.05, 3.63) is 88.7 Å². The Kier molecular flexibility index (Phi) is 4.25. The third kappa shape index (κ3) is 3.35. The molecule has 0 fully saturated rings. The molecule has 1 aromatic carbocycles. The van der Waals surface area contributed by atoms with E-state index in [1.165, 1.54) is 10.6 Å². The molecule has 1 amide bonds. The van der Waals surface area contributed by atoms with Crippen molar-refractivity contribution in [3.63, 3.8) is 0 Å². The number of para-hydroxylation sites is 2. The molecular weight excluding hydrogens is 342 g/mol. The largest absolute Gasteiger partial charge is 0.348 e. The highest BCUT2D eigenvalue weighted by Crippen LogP contribution is 2.16. The number of rotatable bonds is 4. The number of imidazole rings is 1. The van der Waals surface area contributed by atoms with Crippen molar-refractivity contribution < 1.29 is 4.79 Å². The summed E-state index contributed by atoms with van der Waals surface area (Å²) in [6, 6.07) is 14.6. The van der Waals surface area contributed by atoms with Gasteiger partial charge in [-0.25, -0.2) is 9.97 Å². The Balaban J connectivity index is 1.47. The molecule has 0 saturated heterocycles. The summed E-state index contributed by atoms with van der Waals surface area (Å²) >= 11 is 0. The van der Waals surface area contributed by atoms with E-state index in [-0.39, 0.29) is 11.5 Å². The van der Waals surface area contributed by atoms with Crippen molar-refractivity contribution in [1.82, 2.24) is 24.4 Å². The summed E-state index contributed by atoms with van der Waals surface area (Å²) < 4.78 is 3.33. The molecule has 0 bridgehead atoms. The molecule has 3 aromatic heterocycles. The summed E-state index contributed by atoms with van der Waals surface area (Å²) in [5, 5.41) is 2.80. The van der Waals surface area contributed by atoms with Crippen LogP contribution >= 0.6 is 0 Å². The first-order valence-electron chi connectivity index (χ1n) is 8.44. The van der Waals surface area contributed by atoms with Gasteiger partial charge in [-0.15, -0.1) is 0 Å². The van der Waals surface area contributed by atoms with Crippen LogP contribution in [-0.2, 0) is 13.6 Å². The molecule has 0 spiro atoms. The number of pyridine rings is 2. The number of aryl methyl sites for hydroxylation is 1. The smallest absolute Gasteiger partial charge is 0.251 e. The zero-order valence-electron chi connectivity index (χ0n) is 14.7. The average Bonchev–Trinajstić information content (AvgIpc) is 3.13. The van der Waals surface area contributed by atoms with Gasteiger partial charge in [0.25, 0.3) is 11.5 Å². The number of hydrogen-bond donors (Lipinski definition) is 1. The van der Waals surface area contributed by atoms with Gasteiger partial charge in [-0.05, 0) is 29.8 Å². The molecule has 0 aliphatic rings. The third-order valence-electron chi connectivity index (χ3n) is 4.33. The predicted molar refractivity (Wildman–Crippen MR) is 102 cm³/mol. The van der Waals surface area contributed by atoms with Crippen molar-refractivity contribution >= 4 is 16.9 Å². The van der Waals surface area contributed by atoms with E-state index in [4.69, 9.17) is 0 Å². The summed E-state index contributed by atoms with van der Waals surface area (Å²) in [7, 11) is 1.64. The summed E-state index contributed by atoms with van der Waals surface area (Å²) in [5.41, 5.74) is 2.87. The van der Waals surface area contributed by atoms with E-state index in [0.717, 1.165) is 22.4 Å². The van der Waals surface area contributed by atoms with Crippen LogP contribution in [0.2, 0.25) is 0 Å². The van der Waals surface area contributed by atoms with Crippen LogP contribution in [0.3, 0.4) is 0 Å². The van der Waals surface area contributed by atoms with Gasteiger partial charge < -0.3 is 9.88 Å². The number of fused-ring (bicyclic) bond motifs is 1. The zero-order chi connectivity index (χ0) is 18.8. The molecule has 4 aromatic rings. The number of carbonyl (C=O) groups is 1. The summed E-state index contributed by atoms with van der Waals surface area (Å²) in [5.74, 6) is 0.461. The van der Waals surface area contributed by atoms with Crippen molar-refractivity contribution in [2.75, 3.05) is 0 Å². The van der Waals surface area contributed by atoms with E-state index in [1.807, 2.05) is 41.0 Å². The monoisotopic (exact) mass is 359 g/mol. The minimum atomic E-state index is -0.294.